The van der Waals surface area contributed by atoms with E-state index >= 15 is 0 Å². The second-order valence-electron chi connectivity index (χ2n) is 5.96. The molecule has 0 amide bonds. The maximum Gasteiger partial charge on any atom is 0.435 e. The Morgan fingerprint density at radius 2 is 2.04 bits per heavy atom. The summed E-state index contributed by atoms with van der Waals surface area (Å²) in [5.74, 6) is 0.529. The number of guanidine groups is 1. The van der Waals surface area contributed by atoms with Crippen LogP contribution in [0.25, 0.3) is 0 Å². The van der Waals surface area contributed by atoms with Crippen LogP contribution >= 0.6 is 15.9 Å². The van der Waals surface area contributed by atoms with Gasteiger partial charge in [-0.15, -0.1) is 0 Å². The maximum absolute atomic E-state index is 13.1. The van der Waals surface area contributed by atoms with Crippen molar-refractivity contribution in [1.82, 2.24) is 24.6 Å². The zero-order valence-electron chi connectivity index (χ0n) is 15.1. The van der Waals surface area contributed by atoms with E-state index in [9.17, 15) is 13.2 Å². The Morgan fingerprint density at radius 3 is 2.58 bits per heavy atom. The van der Waals surface area contributed by atoms with Crippen molar-refractivity contribution in [3.8, 4) is 0 Å². The molecule has 1 N–H and O–H groups in total. The molecule has 0 aliphatic rings. The van der Waals surface area contributed by atoms with E-state index in [1.807, 2.05) is 42.7 Å². The molecular weight excluding hydrogens is 413 g/mol. The van der Waals surface area contributed by atoms with E-state index in [0.29, 0.717) is 19.0 Å². The van der Waals surface area contributed by atoms with Crippen molar-refractivity contribution in [3.05, 3.63) is 39.9 Å². The normalized spacial score (nSPS) is 12.5. The second kappa shape index (κ2) is 8.15. The number of hydrogen-bond donors (Lipinski definition) is 1. The van der Waals surface area contributed by atoms with Gasteiger partial charge in [-0.3, -0.25) is 4.68 Å². The minimum absolute atomic E-state index is 0.0467. The molecule has 0 atom stereocenters. The van der Waals surface area contributed by atoms with Crippen LogP contribution in [-0.2, 0) is 33.4 Å². The zero-order valence-corrected chi connectivity index (χ0v) is 16.7. The molecule has 0 bridgehead atoms. The summed E-state index contributed by atoms with van der Waals surface area (Å²) in [5, 5.41) is 6.62. The SMILES string of the molecule is CCNC(=NCc1cn(C)nc1C(F)(F)F)N(C)Cc1cc(Br)cn1C. The van der Waals surface area contributed by atoms with Crippen LogP contribution in [0, 0.1) is 0 Å². The molecule has 2 aromatic rings. The van der Waals surface area contributed by atoms with Gasteiger partial charge in [-0.1, -0.05) is 0 Å². The number of aromatic nitrogens is 3. The van der Waals surface area contributed by atoms with Gasteiger partial charge >= 0.3 is 6.18 Å². The average Bonchev–Trinajstić information content (AvgIpc) is 3.05. The Hall–Kier alpha value is -1.97. The van der Waals surface area contributed by atoms with Gasteiger partial charge in [0.1, 0.15) is 0 Å². The van der Waals surface area contributed by atoms with E-state index in [4.69, 9.17) is 0 Å². The van der Waals surface area contributed by atoms with Gasteiger partial charge in [0.15, 0.2) is 11.7 Å². The maximum atomic E-state index is 13.1. The fourth-order valence-electron chi connectivity index (χ4n) is 2.56. The highest BCUT2D eigenvalue weighted by molar-refractivity contribution is 9.10. The van der Waals surface area contributed by atoms with E-state index in [1.165, 1.54) is 13.2 Å². The van der Waals surface area contributed by atoms with Gasteiger partial charge in [-0.25, -0.2) is 4.99 Å². The van der Waals surface area contributed by atoms with Crippen LogP contribution in [0.3, 0.4) is 0 Å². The number of rotatable bonds is 5. The Balaban J connectivity index is 2.20. The summed E-state index contributed by atoms with van der Waals surface area (Å²) in [4.78, 5) is 6.23. The molecule has 6 nitrogen and oxygen atoms in total. The van der Waals surface area contributed by atoms with Crippen LogP contribution in [0.15, 0.2) is 27.9 Å². The molecule has 26 heavy (non-hydrogen) atoms. The van der Waals surface area contributed by atoms with Crippen LogP contribution in [0.1, 0.15) is 23.9 Å². The molecule has 0 saturated heterocycles. The molecule has 0 saturated carbocycles. The third-order valence-electron chi connectivity index (χ3n) is 3.74. The number of nitrogens with one attached hydrogen (secondary N) is 1. The van der Waals surface area contributed by atoms with Crippen molar-refractivity contribution in [2.24, 2.45) is 19.1 Å². The molecular formula is C16H22BrF3N6. The Morgan fingerprint density at radius 1 is 1.35 bits per heavy atom. The van der Waals surface area contributed by atoms with Crippen LogP contribution < -0.4 is 5.32 Å². The van der Waals surface area contributed by atoms with Crippen molar-refractivity contribution in [3.63, 3.8) is 0 Å². The lowest BCUT2D eigenvalue weighted by Gasteiger charge is -2.22. The third kappa shape index (κ3) is 5.03. The lowest BCUT2D eigenvalue weighted by atomic mass is 10.2. The average molecular weight is 435 g/mol. The summed E-state index contributed by atoms with van der Waals surface area (Å²) in [6.45, 7) is 2.98. The Bertz CT molecular complexity index is 778. The first kappa shape index (κ1) is 20.3. The van der Waals surface area contributed by atoms with Gasteiger partial charge in [-0.05, 0) is 28.9 Å². The third-order valence-corrected chi connectivity index (χ3v) is 4.18. The molecule has 0 spiro atoms. The summed E-state index contributed by atoms with van der Waals surface area (Å²) in [7, 11) is 5.24. The number of alkyl halides is 3. The van der Waals surface area contributed by atoms with E-state index in [-0.39, 0.29) is 12.1 Å². The molecule has 2 heterocycles. The van der Waals surface area contributed by atoms with Gasteiger partial charge in [0, 0.05) is 55.8 Å². The predicted octanol–water partition coefficient (Wildman–Crippen LogP) is 3.14. The van der Waals surface area contributed by atoms with Crippen molar-refractivity contribution >= 4 is 21.9 Å². The topological polar surface area (TPSA) is 50.4 Å². The van der Waals surface area contributed by atoms with Gasteiger partial charge in [0.05, 0.1) is 13.1 Å². The summed E-state index contributed by atoms with van der Waals surface area (Å²) in [6, 6.07) is 1.99. The number of nitrogens with zero attached hydrogens (tertiary/aromatic N) is 5. The van der Waals surface area contributed by atoms with Crippen molar-refractivity contribution in [1.29, 1.82) is 0 Å². The van der Waals surface area contributed by atoms with Crippen molar-refractivity contribution < 1.29 is 13.2 Å². The van der Waals surface area contributed by atoms with Crippen LogP contribution in [0.4, 0.5) is 13.2 Å². The van der Waals surface area contributed by atoms with Crippen LogP contribution in [0.5, 0.6) is 0 Å². The minimum atomic E-state index is -4.49. The smallest absolute Gasteiger partial charge is 0.357 e. The van der Waals surface area contributed by atoms with Gasteiger partial charge in [0.25, 0.3) is 0 Å². The van der Waals surface area contributed by atoms with Crippen molar-refractivity contribution in [2.45, 2.75) is 26.2 Å². The molecule has 0 radical (unpaired) electrons. The fraction of sp³-hybridized carbons (Fsp3) is 0.500. The first-order valence-corrected chi connectivity index (χ1v) is 8.81. The van der Waals surface area contributed by atoms with Gasteiger partial charge < -0.3 is 14.8 Å². The van der Waals surface area contributed by atoms with Crippen LogP contribution in [0.2, 0.25) is 0 Å². The lowest BCUT2D eigenvalue weighted by molar-refractivity contribution is -0.142. The number of hydrogen-bond acceptors (Lipinski definition) is 2. The molecule has 0 aliphatic carbocycles. The molecule has 10 heteroatoms. The molecule has 0 fully saturated rings. The number of aryl methyl sites for hydroxylation is 2. The summed E-state index contributed by atoms with van der Waals surface area (Å²) in [5.41, 5.74) is 0.196. The first-order valence-electron chi connectivity index (χ1n) is 8.01. The second-order valence-corrected chi connectivity index (χ2v) is 6.88. The largest absolute Gasteiger partial charge is 0.435 e. The minimum Gasteiger partial charge on any atom is -0.357 e. The number of halogens is 4. The van der Waals surface area contributed by atoms with Crippen molar-refractivity contribution in [2.75, 3.05) is 13.6 Å². The predicted molar refractivity (Wildman–Crippen MR) is 97.6 cm³/mol. The van der Waals surface area contributed by atoms with Crippen LogP contribution in [-0.4, -0.2) is 38.8 Å². The molecule has 0 aliphatic heterocycles. The monoisotopic (exact) mass is 434 g/mol. The standard InChI is InChI=1S/C16H22BrF3N6/c1-5-21-15(25(3)10-13-6-12(17)9-24(13)2)22-7-11-8-26(4)23-14(11)16(18,19)20/h6,8-9H,5,7,10H2,1-4H3,(H,21,22). The summed E-state index contributed by atoms with van der Waals surface area (Å²) >= 11 is 3.43. The number of aliphatic imine (C=N–C) groups is 1. The molecule has 144 valence electrons. The van der Waals surface area contributed by atoms with E-state index in [2.05, 4.69) is 31.3 Å². The summed E-state index contributed by atoms with van der Waals surface area (Å²) in [6.07, 6.45) is -1.20. The van der Waals surface area contributed by atoms with E-state index in [1.54, 1.807) is 0 Å². The zero-order chi connectivity index (χ0) is 19.5. The highest BCUT2D eigenvalue weighted by Gasteiger charge is 2.36. The molecule has 2 aromatic heterocycles. The van der Waals surface area contributed by atoms with E-state index < -0.39 is 11.9 Å². The first-order chi connectivity index (χ1) is 12.1. The molecule has 2 rings (SSSR count). The highest BCUT2D eigenvalue weighted by Crippen LogP contribution is 2.30. The lowest BCUT2D eigenvalue weighted by Crippen LogP contribution is -2.38. The summed E-state index contributed by atoms with van der Waals surface area (Å²) < 4.78 is 43.3. The highest BCUT2D eigenvalue weighted by atomic mass is 79.9. The molecule has 0 aromatic carbocycles. The van der Waals surface area contributed by atoms with E-state index in [0.717, 1.165) is 14.8 Å². The Kier molecular flexibility index (Phi) is 6.38. The Labute approximate surface area is 158 Å². The van der Waals surface area contributed by atoms with Gasteiger partial charge in [-0.2, -0.15) is 18.3 Å². The molecule has 0 unspecified atom stereocenters. The van der Waals surface area contributed by atoms with Gasteiger partial charge in [0.2, 0.25) is 0 Å². The fourth-order valence-corrected chi connectivity index (χ4v) is 3.13. The quantitative estimate of drug-likeness (QED) is 0.580.